The molecule has 10 heteroatoms. The van der Waals surface area contributed by atoms with E-state index in [9.17, 15) is 22.8 Å². The second kappa shape index (κ2) is 8.99. The average Bonchev–Trinajstić information content (AvgIpc) is 2.96. The zero-order valence-electron chi connectivity index (χ0n) is 18.2. The standard InChI is InChI=1S/C22H24N2O7S/c1-5-31-18-11-14(9-10-17(18)30-3)19(32(4,28)29)12-24-21(26)15-7-6-8-16(23-13(2)25)20(15)22(24)27/h6-11,19H,5,12H2,1-4H3,(H,23,25)/t19-/m1/s1. The minimum Gasteiger partial charge on any atom is -0.493 e. The molecule has 1 N–H and O–H groups in total. The van der Waals surface area contributed by atoms with E-state index in [1.54, 1.807) is 25.1 Å². The van der Waals surface area contributed by atoms with Gasteiger partial charge in [0.1, 0.15) is 5.25 Å². The molecule has 9 nitrogen and oxygen atoms in total. The number of ether oxygens (including phenoxy) is 2. The molecule has 170 valence electrons. The van der Waals surface area contributed by atoms with Gasteiger partial charge in [-0.15, -0.1) is 0 Å². The number of carbonyl (C=O) groups excluding carboxylic acids is 3. The van der Waals surface area contributed by atoms with E-state index < -0.39 is 32.8 Å². The average molecular weight is 461 g/mol. The van der Waals surface area contributed by atoms with Crippen molar-refractivity contribution in [3.8, 4) is 11.5 Å². The Morgan fingerprint density at radius 2 is 1.84 bits per heavy atom. The molecule has 3 rings (SSSR count). The van der Waals surface area contributed by atoms with E-state index in [1.165, 1.54) is 32.2 Å². The predicted molar refractivity (Wildman–Crippen MR) is 118 cm³/mol. The van der Waals surface area contributed by atoms with Crippen LogP contribution in [0.3, 0.4) is 0 Å². The number of anilines is 1. The minimum atomic E-state index is -3.73. The van der Waals surface area contributed by atoms with Gasteiger partial charge in [-0.1, -0.05) is 12.1 Å². The molecule has 2 aromatic rings. The van der Waals surface area contributed by atoms with E-state index >= 15 is 0 Å². The largest absolute Gasteiger partial charge is 0.493 e. The summed E-state index contributed by atoms with van der Waals surface area (Å²) in [5.74, 6) is -0.890. The van der Waals surface area contributed by atoms with E-state index in [-0.39, 0.29) is 23.4 Å². The summed E-state index contributed by atoms with van der Waals surface area (Å²) in [7, 11) is -2.26. The number of nitrogens with one attached hydrogen (secondary N) is 1. The van der Waals surface area contributed by atoms with E-state index in [0.717, 1.165) is 11.2 Å². The molecule has 1 atom stereocenters. The van der Waals surface area contributed by atoms with Gasteiger partial charge in [0.25, 0.3) is 11.8 Å². The number of hydrogen-bond donors (Lipinski definition) is 1. The van der Waals surface area contributed by atoms with E-state index in [2.05, 4.69) is 5.32 Å². The van der Waals surface area contributed by atoms with Gasteiger partial charge in [0.2, 0.25) is 5.91 Å². The Morgan fingerprint density at radius 3 is 2.44 bits per heavy atom. The first-order chi connectivity index (χ1) is 15.1. The minimum absolute atomic E-state index is 0.0460. The maximum absolute atomic E-state index is 13.1. The van der Waals surface area contributed by atoms with E-state index in [0.29, 0.717) is 23.7 Å². The van der Waals surface area contributed by atoms with Gasteiger partial charge in [-0.25, -0.2) is 8.42 Å². The van der Waals surface area contributed by atoms with Crippen molar-refractivity contribution in [1.29, 1.82) is 0 Å². The Kier molecular flexibility index (Phi) is 6.54. The fraction of sp³-hybridized carbons (Fsp3) is 0.318. The molecule has 32 heavy (non-hydrogen) atoms. The molecule has 0 saturated heterocycles. The first-order valence-corrected chi connectivity index (χ1v) is 11.8. The van der Waals surface area contributed by atoms with Crippen LogP contribution in [-0.4, -0.2) is 57.6 Å². The number of imide groups is 1. The Bertz CT molecular complexity index is 1190. The molecule has 0 spiro atoms. The molecule has 0 bridgehead atoms. The van der Waals surface area contributed by atoms with Crippen molar-refractivity contribution in [2.75, 3.05) is 31.8 Å². The fourth-order valence-electron chi connectivity index (χ4n) is 3.61. The Balaban J connectivity index is 2.01. The van der Waals surface area contributed by atoms with Crippen LogP contribution in [-0.2, 0) is 14.6 Å². The van der Waals surface area contributed by atoms with Crippen molar-refractivity contribution in [3.63, 3.8) is 0 Å². The van der Waals surface area contributed by atoms with Crippen LogP contribution in [0, 0.1) is 0 Å². The molecule has 3 amide bonds. The van der Waals surface area contributed by atoms with Crippen LogP contribution in [0.25, 0.3) is 0 Å². The molecule has 0 aliphatic carbocycles. The fourth-order valence-corrected chi connectivity index (χ4v) is 4.67. The molecule has 1 aliphatic heterocycles. The number of carbonyl (C=O) groups is 3. The first-order valence-electron chi connectivity index (χ1n) is 9.84. The lowest BCUT2D eigenvalue weighted by atomic mass is 10.1. The molecule has 0 fully saturated rings. The van der Waals surface area contributed by atoms with Crippen molar-refractivity contribution >= 4 is 33.2 Å². The summed E-state index contributed by atoms with van der Waals surface area (Å²) in [5, 5.41) is 1.36. The number of fused-ring (bicyclic) bond motifs is 1. The number of nitrogens with zero attached hydrogens (tertiary/aromatic N) is 1. The summed E-state index contributed by atoms with van der Waals surface area (Å²) >= 11 is 0. The number of sulfone groups is 1. The highest BCUT2D eigenvalue weighted by Gasteiger charge is 2.40. The van der Waals surface area contributed by atoms with Crippen LogP contribution in [0.1, 0.15) is 45.4 Å². The van der Waals surface area contributed by atoms with Crippen molar-refractivity contribution in [2.24, 2.45) is 0 Å². The molecule has 0 radical (unpaired) electrons. The van der Waals surface area contributed by atoms with Crippen LogP contribution < -0.4 is 14.8 Å². The predicted octanol–water partition coefficient (Wildman–Crippen LogP) is 2.43. The van der Waals surface area contributed by atoms with Crippen LogP contribution in [0.5, 0.6) is 11.5 Å². The topological polar surface area (TPSA) is 119 Å². The smallest absolute Gasteiger partial charge is 0.263 e. The molecule has 2 aromatic carbocycles. The molecule has 0 aromatic heterocycles. The maximum atomic E-state index is 13.1. The number of methoxy groups -OCH3 is 1. The summed E-state index contributed by atoms with van der Waals surface area (Å²) in [6.45, 7) is 3.03. The van der Waals surface area contributed by atoms with Crippen molar-refractivity contribution in [2.45, 2.75) is 19.1 Å². The van der Waals surface area contributed by atoms with Crippen molar-refractivity contribution in [3.05, 3.63) is 53.1 Å². The van der Waals surface area contributed by atoms with Crippen molar-refractivity contribution in [1.82, 2.24) is 4.90 Å². The molecule has 1 heterocycles. The molecular formula is C22H24N2O7S. The molecule has 0 saturated carbocycles. The third-order valence-corrected chi connectivity index (χ3v) is 6.49. The summed E-state index contributed by atoms with van der Waals surface area (Å²) in [6.07, 6.45) is 1.04. The van der Waals surface area contributed by atoms with Crippen LogP contribution in [0.2, 0.25) is 0 Å². The lowest BCUT2D eigenvalue weighted by molar-refractivity contribution is -0.114. The van der Waals surface area contributed by atoms with Gasteiger partial charge in [0, 0.05) is 13.2 Å². The number of amides is 3. The Hall–Kier alpha value is -3.40. The van der Waals surface area contributed by atoms with Crippen molar-refractivity contribution < 1.29 is 32.3 Å². The SMILES string of the molecule is CCOc1cc([C@@H](CN2C(=O)c3cccc(NC(C)=O)c3C2=O)S(C)(=O)=O)ccc1OC. The zero-order chi connectivity index (χ0) is 23.6. The highest BCUT2D eigenvalue weighted by molar-refractivity contribution is 7.91. The molecular weight excluding hydrogens is 436 g/mol. The maximum Gasteiger partial charge on any atom is 0.263 e. The third-order valence-electron chi connectivity index (χ3n) is 5.03. The zero-order valence-corrected chi connectivity index (χ0v) is 19.0. The Morgan fingerprint density at radius 1 is 1.12 bits per heavy atom. The number of rotatable bonds is 8. The Labute approximate surface area is 186 Å². The van der Waals surface area contributed by atoms with Gasteiger partial charge in [-0.3, -0.25) is 19.3 Å². The first kappa shape index (κ1) is 23.3. The van der Waals surface area contributed by atoms with Crippen LogP contribution >= 0.6 is 0 Å². The van der Waals surface area contributed by atoms with Gasteiger partial charge >= 0.3 is 0 Å². The van der Waals surface area contributed by atoms with Crippen LogP contribution in [0.15, 0.2) is 36.4 Å². The quantitative estimate of drug-likeness (QED) is 0.601. The van der Waals surface area contributed by atoms with Crippen LogP contribution in [0.4, 0.5) is 5.69 Å². The van der Waals surface area contributed by atoms with Gasteiger partial charge in [-0.2, -0.15) is 0 Å². The second-order valence-electron chi connectivity index (χ2n) is 7.29. The summed E-state index contributed by atoms with van der Waals surface area (Å²) in [4.78, 5) is 38.4. The van der Waals surface area contributed by atoms with Gasteiger partial charge in [0.05, 0.1) is 37.1 Å². The molecule has 1 aliphatic rings. The summed E-state index contributed by atoms with van der Waals surface area (Å²) < 4.78 is 36.1. The lowest BCUT2D eigenvalue weighted by Crippen LogP contribution is -2.36. The highest BCUT2D eigenvalue weighted by Crippen LogP contribution is 2.36. The highest BCUT2D eigenvalue weighted by atomic mass is 32.2. The van der Waals surface area contributed by atoms with E-state index in [4.69, 9.17) is 9.47 Å². The van der Waals surface area contributed by atoms with Gasteiger partial charge in [-0.05, 0) is 36.8 Å². The summed E-state index contributed by atoms with van der Waals surface area (Å²) in [5.41, 5.74) is 0.716. The lowest BCUT2D eigenvalue weighted by Gasteiger charge is -2.22. The summed E-state index contributed by atoms with van der Waals surface area (Å²) in [6, 6.07) is 9.21. The van der Waals surface area contributed by atoms with E-state index in [1.807, 2.05) is 0 Å². The second-order valence-corrected chi connectivity index (χ2v) is 9.52. The number of hydrogen-bond acceptors (Lipinski definition) is 7. The molecule has 0 unspecified atom stereocenters. The normalized spacial score (nSPS) is 14.2. The van der Waals surface area contributed by atoms with Gasteiger partial charge in [0.15, 0.2) is 21.3 Å². The monoisotopic (exact) mass is 460 g/mol. The van der Waals surface area contributed by atoms with Gasteiger partial charge < -0.3 is 14.8 Å². The number of benzene rings is 2. The third kappa shape index (κ3) is 4.45.